The van der Waals surface area contributed by atoms with Gasteiger partial charge >= 0.3 is 16.9 Å². The van der Waals surface area contributed by atoms with Crippen molar-refractivity contribution in [3.63, 3.8) is 0 Å². The number of benzene rings is 1. The fourth-order valence-corrected chi connectivity index (χ4v) is 2.63. The Labute approximate surface area is 143 Å². The number of nitrogens with zero attached hydrogens (tertiary/aromatic N) is 1. The summed E-state index contributed by atoms with van der Waals surface area (Å²) in [5, 5.41) is 11.0. The predicted octanol–water partition coefficient (Wildman–Crippen LogP) is 1.92. The van der Waals surface area contributed by atoms with Crippen molar-refractivity contribution in [2.45, 2.75) is 0 Å². The Balaban J connectivity index is 2.53. The quantitative estimate of drug-likeness (QED) is 0.585. The van der Waals surface area contributed by atoms with E-state index in [0.29, 0.717) is 21.5 Å². The lowest BCUT2D eigenvalue weighted by Crippen LogP contribution is -2.25. The summed E-state index contributed by atoms with van der Waals surface area (Å²) in [5.41, 5.74) is -2.25. The number of hydrogen-bond donors (Lipinski definition) is 2. The van der Waals surface area contributed by atoms with Gasteiger partial charge in [0.25, 0.3) is 0 Å². The lowest BCUT2D eigenvalue weighted by Gasteiger charge is -2.10. The molecule has 9 nitrogen and oxygen atoms in total. The Morgan fingerprint density at radius 2 is 1.88 bits per heavy atom. The molecule has 0 unspecified atom stereocenters. The first kappa shape index (κ1) is 17.5. The van der Waals surface area contributed by atoms with Crippen molar-refractivity contribution in [3.8, 4) is 11.5 Å². The molecule has 1 heterocycles. The number of aromatic nitrogens is 2. The van der Waals surface area contributed by atoms with Gasteiger partial charge in [-0.1, -0.05) is 6.08 Å². The Morgan fingerprint density at radius 3 is 2.46 bits per heavy atom. The highest BCUT2D eigenvalue weighted by atomic mass is 79.9. The van der Waals surface area contributed by atoms with Gasteiger partial charge in [-0.05, 0) is 39.7 Å². The number of methoxy groups -OCH3 is 2. The largest absolute Gasteiger partial charge is 0.493 e. The third-order valence-electron chi connectivity index (χ3n) is 3.03. The molecule has 1 aromatic carbocycles. The Hall–Kier alpha value is -2.88. The highest BCUT2D eigenvalue weighted by Gasteiger charge is 2.19. The summed E-state index contributed by atoms with van der Waals surface area (Å²) in [7, 11) is 2.96. The molecule has 10 heteroatoms. The van der Waals surface area contributed by atoms with Crippen LogP contribution in [0.3, 0.4) is 0 Å². The third kappa shape index (κ3) is 3.54. The van der Waals surface area contributed by atoms with Crippen LogP contribution in [0, 0.1) is 10.1 Å². The first-order chi connectivity index (χ1) is 11.4. The Kier molecular flexibility index (Phi) is 5.19. The van der Waals surface area contributed by atoms with Crippen molar-refractivity contribution < 1.29 is 14.4 Å². The number of halogens is 1. The average molecular weight is 398 g/mol. The minimum Gasteiger partial charge on any atom is -0.493 e. The molecule has 2 aromatic rings. The van der Waals surface area contributed by atoms with Crippen molar-refractivity contribution in [1.29, 1.82) is 0 Å². The highest BCUT2D eigenvalue weighted by molar-refractivity contribution is 9.10. The lowest BCUT2D eigenvalue weighted by atomic mass is 10.1. The van der Waals surface area contributed by atoms with Crippen LogP contribution in [0.15, 0.2) is 26.2 Å². The molecule has 0 saturated heterocycles. The number of nitro groups is 1. The van der Waals surface area contributed by atoms with Gasteiger partial charge in [0.2, 0.25) is 0 Å². The van der Waals surface area contributed by atoms with E-state index in [1.807, 2.05) is 4.98 Å². The molecule has 0 aliphatic heterocycles. The van der Waals surface area contributed by atoms with Gasteiger partial charge < -0.3 is 14.5 Å². The fourth-order valence-electron chi connectivity index (χ4n) is 2.01. The van der Waals surface area contributed by atoms with Crippen LogP contribution in [0.1, 0.15) is 11.3 Å². The van der Waals surface area contributed by atoms with Crippen LogP contribution >= 0.6 is 15.9 Å². The molecule has 0 saturated carbocycles. The maximum Gasteiger partial charge on any atom is 0.357 e. The first-order valence-corrected chi connectivity index (χ1v) is 7.27. The molecule has 0 spiro atoms. The van der Waals surface area contributed by atoms with Crippen molar-refractivity contribution in [2.75, 3.05) is 14.2 Å². The van der Waals surface area contributed by atoms with E-state index in [2.05, 4.69) is 20.9 Å². The van der Waals surface area contributed by atoms with Gasteiger partial charge in [0, 0.05) is 0 Å². The first-order valence-electron chi connectivity index (χ1n) is 6.48. The topological polar surface area (TPSA) is 127 Å². The Morgan fingerprint density at radius 1 is 1.17 bits per heavy atom. The molecule has 1 aromatic heterocycles. The number of nitrogens with one attached hydrogen (secondary N) is 2. The molecular formula is C14H12BrN3O6. The van der Waals surface area contributed by atoms with Gasteiger partial charge in [-0.25, -0.2) is 4.79 Å². The van der Waals surface area contributed by atoms with Crippen molar-refractivity contribution in [3.05, 3.63) is 58.8 Å². The summed E-state index contributed by atoms with van der Waals surface area (Å²) in [6, 6.07) is 3.33. The van der Waals surface area contributed by atoms with Crippen molar-refractivity contribution in [1.82, 2.24) is 9.97 Å². The molecule has 0 amide bonds. The number of rotatable bonds is 5. The summed E-state index contributed by atoms with van der Waals surface area (Å²) in [5.74, 6) is 0.936. The smallest absolute Gasteiger partial charge is 0.357 e. The van der Waals surface area contributed by atoms with Gasteiger partial charge in [-0.2, -0.15) is 0 Å². The molecule has 2 N–H and O–H groups in total. The minimum atomic E-state index is -1.07. The second-order valence-electron chi connectivity index (χ2n) is 4.50. The molecule has 0 atom stereocenters. The number of aromatic amines is 2. The zero-order valence-corrected chi connectivity index (χ0v) is 14.2. The second-order valence-corrected chi connectivity index (χ2v) is 5.35. The van der Waals surface area contributed by atoms with E-state index >= 15 is 0 Å². The summed E-state index contributed by atoms with van der Waals surface area (Å²) in [6.07, 6.45) is 2.76. The van der Waals surface area contributed by atoms with E-state index in [9.17, 15) is 19.7 Å². The summed E-state index contributed by atoms with van der Waals surface area (Å²) in [4.78, 5) is 37.0. The van der Waals surface area contributed by atoms with E-state index in [1.54, 1.807) is 12.1 Å². The van der Waals surface area contributed by atoms with Crippen LogP contribution in [-0.4, -0.2) is 29.1 Å². The van der Waals surface area contributed by atoms with Crippen molar-refractivity contribution in [2.24, 2.45) is 0 Å². The molecule has 0 aliphatic carbocycles. The van der Waals surface area contributed by atoms with E-state index in [0.717, 1.165) is 0 Å². The minimum absolute atomic E-state index is 0.209. The van der Waals surface area contributed by atoms with Crippen LogP contribution < -0.4 is 20.7 Å². The van der Waals surface area contributed by atoms with Crippen LogP contribution in [0.2, 0.25) is 0 Å². The van der Waals surface area contributed by atoms with E-state index in [-0.39, 0.29) is 5.69 Å². The fraction of sp³-hybridized carbons (Fsp3) is 0.143. The van der Waals surface area contributed by atoms with Gasteiger partial charge in [-0.3, -0.25) is 19.9 Å². The molecule has 126 valence electrons. The average Bonchev–Trinajstić information content (AvgIpc) is 2.51. The maximum absolute atomic E-state index is 11.6. The van der Waals surface area contributed by atoms with Gasteiger partial charge in [0.15, 0.2) is 11.5 Å². The zero-order valence-electron chi connectivity index (χ0n) is 12.6. The van der Waals surface area contributed by atoms with Gasteiger partial charge in [-0.15, -0.1) is 0 Å². The zero-order chi connectivity index (χ0) is 17.9. The van der Waals surface area contributed by atoms with E-state index in [1.165, 1.54) is 26.4 Å². The monoisotopic (exact) mass is 397 g/mol. The number of ether oxygens (including phenoxy) is 2. The molecule has 24 heavy (non-hydrogen) atoms. The standard InChI is InChI=1S/C14H12BrN3O6/c1-23-10-6-7(5-8(15)12(10)24-2)3-4-9-11(18(21)22)13(19)17-14(20)16-9/h3-6H,1-2H3,(H2,16,17,19,20). The lowest BCUT2D eigenvalue weighted by molar-refractivity contribution is -0.386. The molecule has 2 rings (SSSR count). The number of H-pyrrole nitrogens is 2. The highest BCUT2D eigenvalue weighted by Crippen LogP contribution is 2.36. The maximum atomic E-state index is 11.6. The molecule has 0 radical (unpaired) electrons. The molecule has 0 aliphatic rings. The van der Waals surface area contributed by atoms with Gasteiger partial charge in [0.05, 0.1) is 23.6 Å². The molecular weight excluding hydrogens is 386 g/mol. The van der Waals surface area contributed by atoms with E-state index < -0.39 is 21.9 Å². The van der Waals surface area contributed by atoms with Gasteiger partial charge in [0.1, 0.15) is 5.69 Å². The van der Waals surface area contributed by atoms with Crippen LogP contribution in [0.5, 0.6) is 11.5 Å². The van der Waals surface area contributed by atoms with Crippen molar-refractivity contribution >= 4 is 33.8 Å². The van der Waals surface area contributed by atoms with E-state index in [4.69, 9.17) is 9.47 Å². The molecule has 0 fully saturated rings. The SMILES string of the molecule is COc1cc(C=Cc2[nH]c(=O)[nH]c(=O)c2[N+](=O)[O-])cc(Br)c1OC. The Bertz CT molecular complexity index is 931. The predicted molar refractivity (Wildman–Crippen MR) is 90.5 cm³/mol. The van der Waals surface area contributed by atoms with Crippen LogP contribution in [0.25, 0.3) is 12.2 Å². The summed E-state index contributed by atoms with van der Waals surface area (Å²) < 4.78 is 11.0. The van der Waals surface area contributed by atoms with Crippen LogP contribution in [0.4, 0.5) is 5.69 Å². The second kappa shape index (κ2) is 7.13. The summed E-state index contributed by atoms with van der Waals surface area (Å²) in [6.45, 7) is 0. The molecule has 0 bridgehead atoms. The summed E-state index contributed by atoms with van der Waals surface area (Å²) >= 11 is 3.33. The van der Waals surface area contributed by atoms with Crippen LogP contribution in [-0.2, 0) is 0 Å². The number of hydrogen-bond acceptors (Lipinski definition) is 6. The third-order valence-corrected chi connectivity index (χ3v) is 3.62. The normalized spacial score (nSPS) is 10.8.